The lowest BCUT2D eigenvalue weighted by Gasteiger charge is -1.94. The van der Waals surface area contributed by atoms with Crippen molar-refractivity contribution >= 4 is 23.4 Å². The zero-order chi connectivity index (χ0) is 8.53. The summed E-state index contributed by atoms with van der Waals surface area (Å²) >= 11 is 4.05. The number of nitrogens with two attached hydrogens (primary N) is 1. The summed E-state index contributed by atoms with van der Waals surface area (Å²) in [4.78, 5) is 0. The summed E-state index contributed by atoms with van der Waals surface area (Å²) in [5.41, 5.74) is 6.78. The van der Waals surface area contributed by atoms with Crippen LogP contribution in [0.25, 0.3) is 0 Å². The van der Waals surface area contributed by atoms with Crippen LogP contribution >= 0.6 is 12.2 Å². The second-order valence-electron chi connectivity index (χ2n) is 1.75. The van der Waals surface area contributed by atoms with Gasteiger partial charge in [0.15, 0.2) is 0 Å². The van der Waals surface area contributed by atoms with Gasteiger partial charge in [0, 0.05) is 12.7 Å². The molecule has 0 aliphatic rings. The van der Waals surface area contributed by atoms with Gasteiger partial charge in [-0.15, -0.1) is 0 Å². The molecular weight excluding hydrogens is 156 g/mol. The maximum atomic E-state index is 4.54. The zero-order valence-corrected chi connectivity index (χ0v) is 7.27. The monoisotopic (exact) mass is 168 g/mol. The highest BCUT2D eigenvalue weighted by Crippen LogP contribution is 2.01. The Morgan fingerprint density at radius 3 is 2.09 bits per heavy atom. The zero-order valence-electron chi connectivity index (χ0n) is 6.45. The predicted molar refractivity (Wildman–Crippen MR) is 53.8 cm³/mol. The summed E-state index contributed by atoms with van der Waals surface area (Å²) in [6.45, 7) is 0. The Labute approximate surface area is 72.4 Å². The molecule has 0 saturated heterocycles. The summed E-state index contributed by atoms with van der Waals surface area (Å²) in [7, 11) is 1.91. The highest BCUT2D eigenvalue weighted by molar-refractivity contribution is 7.78. The van der Waals surface area contributed by atoms with E-state index in [1.54, 1.807) is 0 Å². The molecule has 0 aromatic heterocycles. The fourth-order valence-electron chi connectivity index (χ4n) is 0.605. The van der Waals surface area contributed by atoms with E-state index in [9.17, 15) is 0 Å². The molecule has 2 nitrogen and oxygen atoms in total. The van der Waals surface area contributed by atoms with Gasteiger partial charge in [-0.05, 0) is 12.1 Å². The van der Waals surface area contributed by atoms with Crippen molar-refractivity contribution in [2.45, 2.75) is 0 Å². The van der Waals surface area contributed by atoms with Gasteiger partial charge in [0.05, 0.1) is 5.49 Å². The lowest BCUT2D eigenvalue weighted by Crippen LogP contribution is -1.84. The summed E-state index contributed by atoms with van der Waals surface area (Å²) in [6.07, 6.45) is 0. The molecule has 0 atom stereocenters. The molecule has 0 amide bonds. The van der Waals surface area contributed by atoms with Crippen molar-refractivity contribution in [3.05, 3.63) is 30.3 Å². The van der Waals surface area contributed by atoms with Crippen LogP contribution in [-0.4, -0.2) is 12.5 Å². The number of hydrogen-bond acceptors (Lipinski definition) is 2. The van der Waals surface area contributed by atoms with Crippen LogP contribution in [0.5, 0.6) is 0 Å². The van der Waals surface area contributed by atoms with Crippen molar-refractivity contribution in [1.82, 2.24) is 0 Å². The maximum absolute atomic E-state index is 4.54. The van der Waals surface area contributed by atoms with Gasteiger partial charge < -0.3 is 11.1 Å². The first-order chi connectivity index (χ1) is 5.35. The summed E-state index contributed by atoms with van der Waals surface area (Å²) < 4.78 is 0. The van der Waals surface area contributed by atoms with E-state index in [1.165, 1.54) is 0 Å². The van der Waals surface area contributed by atoms with E-state index in [4.69, 9.17) is 0 Å². The number of para-hydroxylation sites is 1. The van der Waals surface area contributed by atoms with E-state index < -0.39 is 0 Å². The second kappa shape index (κ2) is 7.02. The van der Waals surface area contributed by atoms with Gasteiger partial charge in [-0.2, -0.15) is 0 Å². The Balaban J connectivity index is 0.000000292. The van der Waals surface area contributed by atoms with Crippen molar-refractivity contribution in [3.8, 4) is 0 Å². The molecule has 1 aromatic carbocycles. The first-order valence-corrected chi connectivity index (χ1v) is 3.70. The van der Waals surface area contributed by atoms with Gasteiger partial charge in [-0.25, -0.2) is 0 Å². The molecule has 0 unspecified atom stereocenters. The molecular formula is C8H12N2S. The van der Waals surface area contributed by atoms with E-state index in [0.29, 0.717) is 0 Å². The largest absolute Gasteiger partial charge is 0.396 e. The number of thiocarbonyl (C=S) groups is 1. The van der Waals surface area contributed by atoms with Crippen LogP contribution in [0.4, 0.5) is 5.69 Å². The molecule has 60 valence electrons. The Morgan fingerprint density at radius 1 is 1.36 bits per heavy atom. The molecule has 0 saturated carbocycles. The number of hydrogen-bond donors (Lipinski definition) is 2. The Bertz CT molecular complexity index is 187. The van der Waals surface area contributed by atoms with Crippen LogP contribution in [0.3, 0.4) is 0 Å². The molecule has 11 heavy (non-hydrogen) atoms. The van der Waals surface area contributed by atoms with Crippen molar-refractivity contribution in [2.75, 3.05) is 12.4 Å². The summed E-state index contributed by atoms with van der Waals surface area (Å²) in [6, 6.07) is 10.1. The highest BCUT2D eigenvalue weighted by Gasteiger charge is 1.77. The standard InChI is InChI=1S/C7H9N.CH3NS/c1-8-7-5-3-2-4-6-7;2-1-3/h2-6,8H,1H3;1H,(H2,2,3). The van der Waals surface area contributed by atoms with Crippen LogP contribution in [0.1, 0.15) is 0 Å². The topological polar surface area (TPSA) is 38.0 Å². The lowest BCUT2D eigenvalue weighted by atomic mass is 10.3. The van der Waals surface area contributed by atoms with Crippen molar-refractivity contribution < 1.29 is 0 Å². The first kappa shape index (κ1) is 9.91. The van der Waals surface area contributed by atoms with Crippen LogP contribution < -0.4 is 11.1 Å². The van der Waals surface area contributed by atoms with Crippen LogP contribution in [-0.2, 0) is 0 Å². The fraction of sp³-hybridized carbons (Fsp3) is 0.125. The SMILES string of the molecule is CNc1ccccc1.NC=S. The molecule has 0 radical (unpaired) electrons. The summed E-state index contributed by atoms with van der Waals surface area (Å²) in [5.74, 6) is 0. The van der Waals surface area contributed by atoms with Crippen molar-refractivity contribution in [1.29, 1.82) is 0 Å². The number of rotatable bonds is 1. The van der Waals surface area contributed by atoms with E-state index in [1.807, 2.05) is 37.4 Å². The molecule has 0 fully saturated rings. The third kappa shape index (κ3) is 5.36. The molecule has 0 aliphatic heterocycles. The molecule has 0 bridgehead atoms. The van der Waals surface area contributed by atoms with Gasteiger partial charge in [-0.3, -0.25) is 0 Å². The third-order valence-electron chi connectivity index (χ3n) is 1.06. The quantitative estimate of drug-likeness (QED) is 0.626. The molecule has 0 aliphatic carbocycles. The minimum absolute atomic E-state index is 1.08. The van der Waals surface area contributed by atoms with Gasteiger partial charge in [0.25, 0.3) is 0 Å². The van der Waals surface area contributed by atoms with E-state index >= 15 is 0 Å². The van der Waals surface area contributed by atoms with Gasteiger partial charge in [0.1, 0.15) is 0 Å². The number of nitrogens with one attached hydrogen (secondary N) is 1. The van der Waals surface area contributed by atoms with Crippen LogP contribution in [0, 0.1) is 0 Å². The van der Waals surface area contributed by atoms with Gasteiger partial charge in [0.2, 0.25) is 0 Å². The second-order valence-corrected chi connectivity index (χ2v) is 2.02. The van der Waals surface area contributed by atoms with Gasteiger partial charge >= 0.3 is 0 Å². The maximum Gasteiger partial charge on any atom is 0.0588 e. The highest BCUT2D eigenvalue weighted by atomic mass is 32.1. The Kier molecular flexibility index (Phi) is 6.33. The van der Waals surface area contributed by atoms with Crippen molar-refractivity contribution in [3.63, 3.8) is 0 Å². The molecule has 1 aromatic rings. The summed E-state index contributed by atoms with van der Waals surface area (Å²) in [5, 5.41) is 3.03. The van der Waals surface area contributed by atoms with E-state index in [0.717, 1.165) is 11.2 Å². The smallest absolute Gasteiger partial charge is 0.0588 e. The fourth-order valence-corrected chi connectivity index (χ4v) is 0.605. The molecule has 1 rings (SSSR count). The molecule has 3 heteroatoms. The minimum Gasteiger partial charge on any atom is -0.396 e. The number of benzene rings is 1. The average Bonchev–Trinajstić information content (AvgIpc) is 2.08. The Morgan fingerprint density at radius 2 is 1.82 bits per heavy atom. The predicted octanol–water partition coefficient (Wildman–Crippen LogP) is 1.63. The van der Waals surface area contributed by atoms with Crippen molar-refractivity contribution in [2.24, 2.45) is 5.73 Å². The number of anilines is 1. The third-order valence-corrected chi connectivity index (χ3v) is 1.06. The van der Waals surface area contributed by atoms with E-state index in [-0.39, 0.29) is 0 Å². The first-order valence-electron chi connectivity index (χ1n) is 3.23. The molecule has 0 spiro atoms. The average molecular weight is 168 g/mol. The minimum atomic E-state index is 1.08. The van der Waals surface area contributed by atoms with Crippen LogP contribution in [0.2, 0.25) is 0 Å². The van der Waals surface area contributed by atoms with Gasteiger partial charge in [-0.1, -0.05) is 30.4 Å². The lowest BCUT2D eigenvalue weighted by molar-refractivity contribution is 1.51. The molecule has 3 N–H and O–H groups in total. The van der Waals surface area contributed by atoms with Crippen LogP contribution in [0.15, 0.2) is 30.3 Å². The molecule has 0 heterocycles. The Hall–Kier alpha value is -1.09. The van der Waals surface area contributed by atoms with E-state index in [2.05, 4.69) is 23.3 Å². The normalized spacial score (nSPS) is 7.36.